The molecule has 1 atom stereocenters. The van der Waals surface area contributed by atoms with E-state index in [2.05, 4.69) is 5.16 Å². The number of carboxylic acid groups (broad SMARTS) is 1. The van der Waals surface area contributed by atoms with Crippen LogP contribution in [0.15, 0.2) is 9.32 Å². The number of carbonyl (C=O) groups is 1. The summed E-state index contributed by atoms with van der Waals surface area (Å²) in [6.45, 7) is 3.27. The van der Waals surface area contributed by atoms with Crippen molar-refractivity contribution in [2.24, 2.45) is 5.73 Å². The zero-order valence-electron chi connectivity index (χ0n) is 9.37. The number of aliphatic carboxylic acids is 1. The van der Waals surface area contributed by atoms with Crippen molar-refractivity contribution in [1.29, 1.82) is 0 Å². The maximum Gasteiger partial charge on any atom is 0.328 e. The molecule has 0 amide bonds. The molecule has 16 heavy (non-hydrogen) atoms. The first-order valence-electron chi connectivity index (χ1n) is 5.14. The minimum absolute atomic E-state index is 0.00782. The molecule has 0 aliphatic rings. The summed E-state index contributed by atoms with van der Waals surface area (Å²) in [6.07, 6.45) is 2.23. The topological polar surface area (TPSA) is 109 Å². The molecular weight excluding hydrogens is 212 g/mol. The molecule has 0 aromatic carbocycles. The highest BCUT2D eigenvalue weighted by Gasteiger charge is 2.37. The van der Waals surface area contributed by atoms with Crippen LogP contribution in [0, 0.1) is 0 Å². The number of unbranched alkanes of at least 4 members (excludes halogenated alkanes) is 1. The molecule has 1 rings (SSSR count). The van der Waals surface area contributed by atoms with Crippen LogP contribution in [0.3, 0.4) is 0 Å². The monoisotopic (exact) mass is 228 g/mol. The summed E-state index contributed by atoms with van der Waals surface area (Å²) in [5, 5.41) is 11.1. The molecule has 1 aromatic heterocycles. The molecule has 90 valence electrons. The second-order valence-corrected chi connectivity index (χ2v) is 3.94. The van der Waals surface area contributed by atoms with Gasteiger partial charge in [-0.25, -0.2) is 4.79 Å². The lowest BCUT2D eigenvalue weighted by molar-refractivity contribution is -0.143. The Kier molecular flexibility index (Phi) is 3.54. The molecule has 0 aliphatic heterocycles. The fourth-order valence-corrected chi connectivity index (χ4v) is 1.48. The maximum atomic E-state index is 11.5. The van der Waals surface area contributed by atoms with E-state index in [9.17, 15) is 9.59 Å². The van der Waals surface area contributed by atoms with Crippen LogP contribution < -0.4 is 11.3 Å². The Bertz CT molecular complexity index is 430. The third-order valence-electron chi connectivity index (χ3n) is 2.49. The van der Waals surface area contributed by atoms with Gasteiger partial charge in [-0.3, -0.25) is 4.79 Å². The number of nitrogens with two attached hydrogens (primary N) is 1. The van der Waals surface area contributed by atoms with Crippen LogP contribution in [0.2, 0.25) is 0 Å². The third kappa shape index (κ3) is 2.16. The number of nitrogens with one attached hydrogen (secondary N) is 1. The fraction of sp³-hybridized carbons (Fsp3) is 0.600. The Morgan fingerprint density at radius 1 is 1.62 bits per heavy atom. The molecule has 1 aromatic rings. The number of H-pyrrole nitrogens is 1. The standard InChI is InChI=1S/C10H16N2O4/c1-3-4-5-6-7(8(13)12-16-6)10(2,11)9(14)15/h3-5,11H2,1-2H3,(H,12,13)(H,14,15). The second kappa shape index (κ2) is 4.52. The molecule has 1 unspecified atom stereocenters. The predicted octanol–water partition coefficient (Wildman–Crippen LogP) is 0.569. The number of carboxylic acids is 1. The zero-order valence-corrected chi connectivity index (χ0v) is 9.37. The number of aromatic amines is 1. The summed E-state index contributed by atoms with van der Waals surface area (Å²) in [5.41, 5.74) is 3.34. The molecule has 6 nitrogen and oxygen atoms in total. The van der Waals surface area contributed by atoms with Crippen molar-refractivity contribution in [1.82, 2.24) is 5.16 Å². The van der Waals surface area contributed by atoms with Crippen molar-refractivity contribution in [2.75, 3.05) is 0 Å². The van der Waals surface area contributed by atoms with E-state index >= 15 is 0 Å². The molecule has 0 fully saturated rings. The second-order valence-electron chi connectivity index (χ2n) is 3.94. The molecule has 0 aliphatic carbocycles. The number of rotatable bonds is 5. The number of hydrogen-bond donors (Lipinski definition) is 3. The minimum atomic E-state index is -1.72. The molecule has 1 heterocycles. The lowest BCUT2D eigenvalue weighted by Crippen LogP contribution is -2.45. The van der Waals surface area contributed by atoms with Gasteiger partial charge in [-0.1, -0.05) is 13.3 Å². The average Bonchev–Trinajstić information content (AvgIpc) is 2.56. The van der Waals surface area contributed by atoms with Gasteiger partial charge >= 0.3 is 5.97 Å². The zero-order chi connectivity index (χ0) is 12.3. The van der Waals surface area contributed by atoms with Crippen LogP contribution >= 0.6 is 0 Å². The van der Waals surface area contributed by atoms with Crippen LogP contribution in [0.1, 0.15) is 38.0 Å². The highest BCUT2D eigenvalue weighted by molar-refractivity contribution is 5.80. The van der Waals surface area contributed by atoms with Crippen LogP contribution in [-0.4, -0.2) is 16.2 Å². The normalized spacial score (nSPS) is 14.7. The van der Waals surface area contributed by atoms with E-state index in [0.717, 1.165) is 12.8 Å². The van der Waals surface area contributed by atoms with Crippen LogP contribution in [0.25, 0.3) is 0 Å². The first kappa shape index (κ1) is 12.5. The predicted molar refractivity (Wildman–Crippen MR) is 57.1 cm³/mol. The Morgan fingerprint density at radius 2 is 2.25 bits per heavy atom. The smallest absolute Gasteiger partial charge is 0.328 e. The summed E-state index contributed by atoms with van der Waals surface area (Å²) >= 11 is 0. The van der Waals surface area contributed by atoms with E-state index in [1.165, 1.54) is 6.92 Å². The van der Waals surface area contributed by atoms with Crippen LogP contribution in [0.5, 0.6) is 0 Å². The minimum Gasteiger partial charge on any atom is -0.480 e. The van der Waals surface area contributed by atoms with E-state index in [1.54, 1.807) is 0 Å². The van der Waals surface area contributed by atoms with Gasteiger partial charge in [0.2, 0.25) is 0 Å². The van der Waals surface area contributed by atoms with Crippen LogP contribution in [0.4, 0.5) is 0 Å². The molecule has 0 radical (unpaired) electrons. The molecule has 0 saturated carbocycles. The largest absolute Gasteiger partial charge is 0.480 e. The summed E-state index contributed by atoms with van der Waals surface area (Å²) in [5.74, 6) is -0.920. The number of aromatic nitrogens is 1. The molecule has 0 spiro atoms. The van der Waals surface area contributed by atoms with Crippen LogP contribution in [-0.2, 0) is 16.8 Å². The average molecular weight is 228 g/mol. The Labute approximate surface area is 92.4 Å². The molecule has 6 heteroatoms. The summed E-state index contributed by atoms with van der Waals surface area (Å²) in [7, 11) is 0. The summed E-state index contributed by atoms with van der Waals surface area (Å²) in [6, 6.07) is 0. The highest BCUT2D eigenvalue weighted by atomic mass is 16.5. The maximum absolute atomic E-state index is 11.5. The van der Waals surface area contributed by atoms with Crippen molar-refractivity contribution in [3.05, 3.63) is 21.7 Å². The molecular formula is C10H16N2O4. The SMILES string of the molecule is CCCCc1o[nH]c(=O)c1C(C)(N)C(=O)O. The van der Waals surface area contributed by atoms with Gasteiger partial charge in [0.25, 0.3) is 5.56 Å². The van der Waals surface area contributed by atoms with Crippen molar-refractivity contribution in [3.8, 4) is 0 Å². The van der Waals surface area contributed by atoms with Gasteiger partial charge in [-0.05, 0) is 13.3 Å². The van der Waals surface area contributed by atoms with Gasteiger partial charge in [0.05, 0.1) is 5.56 Å². The van der Waals surface area contributed by atoms with E-state index in [4.69, 9.17) is 15.4 Å². The van der Waals surface area contributed by atoms with E-state index in [-0.39, 0.29) is 5.56 Å². The molecule has 4 N–H and O–H groups in total. The first-order valence-corrected chi connectivity index (χ1v) is 5.14. The Morgan fingerprint density at radius 3 is 2.75 bits per heavy atom. The van der Waals surface area contributed by atoms with Crippen molar-refractivity contribution >= 4 is 5.97 Å². The van der Waals surface area contributed by atoms with Gasteiger partial charge in [0.1, 0.15) is 11.3 Å². The quantitative estimate of drug-likeness (QED) is 0.682. The van der Waals surface area contributed by atoms with E-state index in [0.29, 0.717) is 12.2 Å². The van der Waals surface area contributed by atoms with Gasteiger partial charge in [0, 0.05) is 6.42 Å². The first-order chi connectivity index (χ1) is 7.41. The lowest BCUT2D eigenvalue weighted by Gasteiger charge is -2.17. The lowest BCUT2D eigenvalue weighted by atomic mass is 9.92. The van der Waals surface area contributed by atoms with Gasteiger partial charge < -0.3 is 15.4 Å². The van der Waals surface area contributed by atoms with Crippen molar-refractivity contribution in [3.63, 3.8) is 0 Å². The van der Waals surface area contributed by atoms with Crippen molar-refractivity contribution in [2.45, 2.75) is 38.6 Å². The highest BCUT2D eigenvalue weighted by Crippen LogP contribution is 2.20. The molecule has 0 saturated heterocycles. The summed E-state index contributed by atoms with van der Waals surface area (Å²) < 4.78 is 4.95. The summed E-state index contributed by atoms with van der Waals surface area (Å²) in [4.78, 5) is 22.4. The van der Waals surface area contributed by atoms with Crippen molar-refractivity contribution < 1.29 is 14.4 Å². The fourth-order valence-electron chi connectivity index (χ4n) is 1.48. The molecule has 0 bridgehead atoms. The van der Waals surface area contributed by atoms with Gasteiger partial charge in [-0.2, -0.15) is 5.16 Å². The Hall–Kier alpha value is -1.56. The van der Waals surface area contributed by atoms with E-state index < -0.39 is 17.1 Å². The Balaban J connectivity index is 3.16. The van der Waals surface area contributed by atoms with E-state index in [1.807, 2.05) is 6.92 Å². The number of aryl methyl sites for hydroxylation is 1. The third-order valence-corrected chi connectivity index (χ3v) is 2.49. The number of hydrogen-bond acceptors (Lipinski definition) is 4. The van der Waals surface area contributed by atoms with Gasteiger partial charge in [0.15, 0.2) is 0 Å². The van der Waals surface area contributed by atoms with Gasteiger partial charge in [-0.15, -0.1) is 0 Å².